The fraction of sp³-hybridized carbons (Fsp3) is 0.800. The number of hydrogen-bond acceptors (Lipinski definition) is 2. The summed E-state index contributed by atoms with van der Waals surface area (Å²) in [7, 11) is 2.19. The van der Waals surface area contributed by atoms with Gasteiger partial charge in [0.25, 0.3) is 0 Å². The first-order valence-corrected chi connectivity index (χ1v) is 5.31. The lowest BCUT2D eigenvalue weighted by atomic mass is 10.3. The minimum atomic E-state index is 0.855. The summed E-state index contributed by atoms with van der Waals surface area (Å²) in [6.07, 6.45) is 5.73. The lowest BCUT2D eigenvalue weighted by molar-refractivity contribution is 0.347. The molecule has 0 aliphatic heterocycles. The van der Waals surface area contributed by atoms with Crippen LogP contribution < -0.4 is 0 Å². The first-order valence-electron chi connectivity index (χ1n) is 4.68. The van der Waals surface area contributed by atoms with E-state index in [9.17, 15) is 0 Å². The second-order valence-electron chi connectivity index (χ2n) is 3.85. The fourth-order valence-corrected chi connectivity index (χ4v) is 1.61. The molecule has 0 bridgehead atoms. The van der Waals surface area contributed by atoms with Crippen molar-refractivity contribution in [2.75, 3.05) is 25.9 Å². The molecule has 0 spiro atoms. The highest BCUT2D eigenvalue weighted by atomic mass is 32.1. The van der Waals surface area contributed by atoms with E-state index in [0.29, 0.717) is 0 Å². The minimum Gasteiger partial charge on any atom is -0.302 e. The third kappa shape index (κ3) is 3.63. The summed E-state index contributed by atoms with van der Waals surface area (Å²) in [6.45, 7) is 4.67. The lowest BCUT2D eigenvalue weighted by Crippen LogP contribution is -2.21. The van der Waals surface area contributed by atoms with E-state index in [1.807, 2.05) is 0 Å². The molecule has 0 N–H and O–H groups in total. The van der Waals surface area contributed by atoms with Gasteiger partial charge in [-0.05, 0) is 25.3 Å². The molecular formula is C10H19NS. The second kappa shape index (κ2) is 4.93. The molecule has 1 fully saturated rings. The summed E-state index contributed by atoms with van der Waals surface area (Å²) in [5.41, 5.74) is 0. The topological polar surface area (TPSA) is 3.24 Å². The zero-order valence-electron chi connectivity index (χ0n) is 8.03. The molecule has 0 radical (unpaired) electrons. The van der Waals surface area contributed by atoms with Gasteiger partial charge in [-0.1, -0.05) is 19.1 Å². The molecule has 0 amide bonds. The Labute approximate surface area is 81.2 Å². The largest absolute Gasteiger partial charge is 0.302 e. The highest BCUT2D eigenvalue weighted by Crippen LogP contribution is 2.37. The van der Waals surface area contributed by atoms with Gasteiger partial charge in [0.2, 0.25) is 0 Å². The molecule has 70 valence electrons. The maximum absolute atomic E-state index is 4.11. The van der Waals surface area contributed by atoms with Crippen LogP contribution in [0, 0.1) is 11.8 Å². The van der Waals surface area contributed by atoms with Crippen molar-refractivity contribution in [1.82, 2.24) is 4.90 Å². The normalized spacial score (nSPS) is 28.7. The molecule has 0 saturated heterocycles. The third-order valence-electron chi connectivity index (χ3n) is 2.51. The number of hydrogen-bond donors (Lipinski definition) is 1. The van der Waals surface area contributed by atoms with E-state index in [4.69, 9.17) is 0 Å². The summed E-state index contributed by atoms with van der Waals surface area (Å²) in [5.74, 6) is 2.80. The summed E-state index contributed by atoms with van der Waals surface area (Å²) >= 11 is 4.11. The second-order valence-corrected chi connectivity index (χ2v) is 4.21. The molecule has 0 aromatic carbocycles. The molecule has 1 aliphatic rings. The van der Waals surface area contributed by atoms with Crippen molar-refractivity contribution in [3.05, 3.63) is 12.2 Å². The molecule has 2 unspecified atom stereocenters. The predicted molar refractivity (Wildman–Crippen MR) is 57.8 cm³/mol. The SMILES string of the molecule is CC1CC1CN(C)CC=CCS. The van der Waals surface area contributed by atoms with Crippen molar-refractivity contribution in [2.24, 2.45) is 11.8 Å². The third-order valence-corrected chi connectivity index (χ3v) is 2.72. The Morgan fingerprint density at radius 3 is 2.67 bits per heavy atom. The van der Waals surface area contributed by atoms with Crippen LogP contribution in [0.15, 0.2) is 12.2 Å². The molecule has 1 saturated carbocycles. The summed E-state index contributed by atoms with van der Waals surface area (Å²) < 4.78 is 0. The van der Waals surface area contributed by atoms with Crippen LogP contribution in [0.5, 0.6) is 0 Å². The number of thiol groups is 1. The molecule has 2 atom stereocenters. The predicted octanol–water partition coefficient (Wildman–Crippen LogP) is 2.06. The van der Waals surface area contributed by atoms with E-state index in [1.54, 1.807) is 0 Å². The van der Waals surface area contributed by atoms with Gasteiger partial charge < -0.3 is 4.90 Å². The Bertz CT molecular complexity index is 156. The van der Waals surface area contributed by atoms with Crippen LogP contribution in [0.2, 0.25) is 0 Å². The molecular weight excluding hydrogens is 166 g/mol. The minimum absolute atomic E-state index is 0.855. The smallest absolute Gasteiger partial charge is 0.0160 e. The van der Waals surface area contributed by atoms with E-state index in [1.165, 1.54) is 13.0 Å². The van der Waals surface area contributed by atoms with E-state index in [0.717, 1.165) is 24.1 Å². The Morgan fingerprint density at radius 1 is 1.50 bits per heavy atom. The summed E-state index contributed by atoms with van der Waals surface area (Å²) in [4.78, 5) is 2.38. The van der Waals surface area contributed by atoms with Crippen molar-refractivity contribution in [3.8, 4) is 0 Å². The highest BCUT2D eigenvalue weighted by Gasteiger charge is 2.32. The Balaban J connectivity index is 2.04. The van der Waals surface area contributed by atoms with Crippen LogP contribution in [-0.4, -0.2) is 30.8 Å². The Morgan fingerprint density at radius 2 is 2.17 bits per heavy atom. The van der Waals surface area contributed by atoms with Crippen molar-refractivity contribution in [2.45, 2.75) is 13.3 Å². The number of rotatable bonds is 5. The summed E-state index contributed by atoms with van der Waals surface area (Å²) in [5, 5.41) is 0. The molecule has 0 aromatic rings. The van der Waals surface area contributed by atoms with Crippen molar-refractivity contribution in [1.29, 1.82) is 0 Å². The monoisotopic (exact) mass is 185 g/mol. The van der Waals surface area contributed by atoms with E-state index in [2.05, 4.69) is 43.7 Å². The van der Waals surface area contributed by atoms with Gasteiger partial charge in [0.05, 0.1) is 0 Å². The highest BCUT2D eigenvalue weighted by molar-refractivity contribution is 7.80. The van der Waals surface area contributed by atoms with Crippen molar-refractivity contribution < 1.29 is 0 Å². The van der Waals surface area contributed by atoms with Crippen molar-refractivity contribution in [3.63, 3.8) is 0 Å². The average molecular weight is 185 g/mol. The molecule has 2 heteroatoms. The summed E-state index contributed by atoms with van der Waals surface area (Å²) in [6, 6.07) is 0. The van der Waals surface area contributed by atoms with Gasteiger partial charge in [0, 0.05) is 18.8 Å². The van der Waals surface area contributed by atoms with Gasteiger partial charge in [-0.15, -0.1) is 0 Å². The molecule has 12 heavy (non-hydrogen) atoms. The molecule has 1 aliphatic carbocycles. The van der Waals surface area contributed by atoms with Gasteiger partial charge in [-0.2, -0.15) is 12.6 Å². The maximum Gasteiger partial charge on any atom is 0.0160 e. The van der Waals surface area contributed by atoms with Gasteiger partial charge >= 0.3 is 0 Å². The van der Waals surface area contributed by atoms with Crippen molar-refractivity contribution >= 4 is 12.6 Å². The number of nitrogens with zero attached hydrogens (tertiary/aromatic N) is 1. The molecule has 1 nitrogen and oxygen atoms in total. The Kier molecular flexibility index (Phi) is 4.16. The standard InChI is InChI=1S/C10H19NS/c1-9-7-10(9)8-11(2)5-3-4-6-12/h3-4,9-10,12H,5-8H2,1-2H3. The number of likely N-dealkylation sites (N-methyl/N-ethyl adjacent to an activating group) is 1. The van der Waals surface area contributed by atoms with Gasteiger partial charge in [0.15, 0.2) is 0 Å². The first kappa shape index (κ1) is 10.1. The van der Waals surface area contributed by atoms with E-state index in [-0.39, 0.29) is 0 Å². The van der Waals surface area contributed by atoms with Crippen LogP contribution in [0.1, 0.15) is 13.3 Å². The quantitative estimate of drug-likeness (QED) is 0.507. The Hall–Kier alpha value is 0.0500. The van der Waals surface area contributed by atoms with Gasteiger partial charge in [0.1, 0.15) is 0 Å². The van der Waals surface area contributed by atoms with E-state index >= 15 is 0 Å². The molecule has 0 heterocycles. The first-order chi connectivity index (χ1) is 5.74. The van der Waals surface area contributed by atoms with Crippen LogP contribution in [0.4, 0.5) is 0 Å². The molecule has 1 rings (SSSR count). The zero-order valence-corrected chi connectivity index (χ0v) is 8.93. The van der Waals surface area contributed by atoms with Crippen LogP contribution in [0.3, 0.4) is 0 Å². The van der Waals surface area contributed by atoms with Gasteiger partial charge in [-0.25, -0.2) is 0 Å². The van der Waals surface area contributed by atoms with Gasteiger partial charge in [-0.3, -0.25) is 0 Å². The zero-order chi connectivity index (χ0) is 8.97. The van der Waals surface area contributed by atoms with Crippen LogP contribution >= 0.6 is 12.6 Å². The molecule has 0 aromatic heterocycles. The maximum atomic E-state index is 4.11. The fourth-order valence-electron chi connectivity index (χ4n) is 1.46. The van der Waals surface area contributed by atoms with Crippen LogP contribution in [-0.2, 0) is 0 Å². The average Bonchev–Trinajstić information content (AvgIpc) is 2.67. The lowest BCUT2D eigenvalue weighted by Gasteiger charge is -2.13. The van der Waals surface area contributed by atoms with Crippen LogP contribution in [0.25, 0.3) is 0 Å². The van der Waals surface area contributed by atoms with E-state index < -0.39 is 0 Å².